The molecule has 7 atom stereocenters. The van der Waals surface area contributed by atoms with Crippen LogP contribution in [-0.4, -0.2) is 0 Å². The molecule has 0 unspecified atom stereocenters. The zero-order chi connectivity index (χ0) is 22.1. The molecule has 0 N–H and O–H groups in total. The number of allylic oxidation sites excluding steroid dienone is 7. The van der Waals surface area contributed by atoms with Gasteiger partial charge in [-0.25, -0.2) is 0 Å². The lowest BCUT2D eigenvalue weighted by molar-refractivity contribution is 0.112. The van der Waals surface area contributed by atoms with Crippen LogP contribution in [0.15, 0.2) is 47.6 Å². The van der Waals surface area contributed by atoms with E-state index in [-0.39, 0.29) is 0 Å². The van der Waals surface area contributed by atoms with Gasteiger partial charge in [0.1, 0.15) is 0 Å². The standard InChI is InChI=1S/C30H48/c1-20(2)22(4)11-12-23(5)28-15-16-29-26(10-9-17-30(28,29)8)13-14-27-19-21(3)18-24(6)25(27)7/h11-14,20-24,28-29H,7,9-10,15-19H2,1-6,8H3/b12-11+,26-13+,27-14+/t21-,22-,23+,24-,28+,29-,30+/m0/s1. The summed E-state index contributed by atoms with van der Waals surface area (Å²) in [6.45, 7) is 21.3. The van der Waals surface area contributed by atoms with Gasteiger partial charge in [0.25, 0.3) is 0 Å². The van der Waals surface area contributed by atoms with E-state index >= 15 is 0 Å². The van der Waals surface area contributed by atoms with Crippen molar-refractivity contribution in [1.82, 2.24) is 0 Å². The second-order valence-electron chi connectivity index (χ2n) is 11.8. The molecule has 0 radical (unpaired) electrons. The fraction of sp³-hybridized carbons (Fsp3) is 0.733. The van der Waals surface area contributed by atoms with E-state index in [1.165, 1.54) is 56.1 Å². The Labute approximate surface area is 188 Å². The van der Waals surface area contributed by atoms with Crippen LogP contribution in [0.1, 0.15) is 93.4 Å². The number of hydrogen-bond acceptors (Lipinski definition) is 0. The molecule has 0 heterocycles. The molecule has 0 aromatic rings. The quantitative estimate of drug-likeness (QED) is 0.398. The van der Waals surface area contributed by atoms with Gasteiger partial charge in [-0.1, -0.05) is 84.9 Å². The van der Waals surface area contributed by atoms with E-state index in [4.69, 9.17) is 0 Å². The molecule has 0 spiro atoms. The summed E-state index contributed by atoms with van der Waals surface area (Å²) in [5.41, 5.74) is 5.14. The second-order valence-corrected chi connectivity index (χ2v) is 11.8. The molecule has 0 saturated heterocycles. The zero-order valence-corrected chi connectivity index (χ0v) is 21.0. The normalized spacial score (nSPS) is 39.8. The molecule has 3 aliphatic rings. The van der Waals surface area contributed by atoms with Gasteiger partial charge in [0.2, 0.25) is 0 Å². The Hall–Kier alpha value is -1.04. The topological polar surface area (TPSA) is 0 Å². The van der Waals surface area contributed by atoms with Crippen LogP contribution in [0.2, 0.25) is 0 Å². The summed E-state index contributed by atoms with van der Waals surface area (Å²) >= 11 is 0. The lowest BCUT2D eigenvalue weighted by Gasteiger charge is -2.44. The maximum atomic E-state index is 4.43. The first kappa shape index (κ1) is 23.6. The molecule has 168 valence electrons. The van der Waals surface area contributed by atoms with Gasteiger partial charge in [-0.2, -0.15) is 0 Å². The summed E-state index contributed by atoms with van der Waals surface area (Å²) in [4.78, 5) is 0. The van der Waals surface area contributed by atoms with Crippen molar-refractivity contribution in [2.75, 3.05) is 0 Å². The van der Waals surface area contributed by atoms with Crippen molar-refractivity contribution in [2.45, 2.75) is 93.4 Å². The highest BCUT2D eigenvalue weighted by molar-refractivity contribution is 5.37. The molecule has 0 aromatic carbocycles. The van der Waals surface area contributed by atoms with Crippen molar-refractivity contribution in [1.29, 1.82) is 0 Å². The van der Waals surface area contributed by atoms with Gasteiger partial charge < -0.3 is 0 Å². The second kappa shape index (κ2) is 9.62. The molecule has 3 rings (SSSR count). The van der Waals surface area contributed by atoms with Crippen molar-refractivity contribution >= 4 is 0 Å². The molecule has 3 fully saturated rings. The highest BCUT2D eigenvalue weighted by Crippen LogP contribution is 2.59. The van der Waals surface area contributed by atoms with Crippen LogP contribution < -0.4 is 0 Å². The van der Waals surface area contributed by atoms with Gasteiger partial charge in [-0.3, -0.25) is 0 Å². The number of rotatable bonds is 5. The predicted octanol–water partition coefficient (Wildman–Crippen LogP) is 9.16. The zero-order valence-electron chi connectivity index (χ0n) is 21.0. The lowest BCUT2D eigenvalue weighted by Crippen LogP contribution is -2.35. The Morgan fingerprint density at radius 3 is 2.47 bits per heavy atom. The van der Waals surface area contributed by atoms with E-state index in [1.807, 2.05) is 0 Å². The monoisotopic (exact) mass is 408 g/mol. The van der Waals surface area contributed by atoms with Crippen molar-refractivity contribution < 1.29 is 0 Å². The summed E-state index contributed by atoms with van der Waals surface area (Å²) in [5, 5.41) is 0. The van der Waals surface area contributed by atoms with Gasteiger partial charge in [0.15, 0.2) is 0 Å². The fourth-order valence-corrected chi connectivity index (χ4v) is 6.88. The van der Waals surface area contributed by atoms with E-state index < -0.39 is 0 Å². The maximum absolute atomic E-state index is 4.43. The maximum Gasteiger partial charge on any atom is -0.0143 e. The van der Waals surface area contributed by atoms with E-state index in [2.05, 4.69) is 79.3 Å². The highest BCUT2D eigenvalue weighted by Gasteiger charge is 2.50. The minimum atomic E-state index is 0.484. The first-order chi connectivity index (χ1) is 14.1. The SMILES string of the molecule is C=C1/C(=C/C=C2\CCC[C@]3(C)[C@@H]([C@H](C)/C=C/[C@H](C)C(C)C)CC[C@@H]23)C[C@@H](C)C[C@@H]1C. The third-order valence-electron chi connectivity index (χ3n) is 9.27. The first-order valence-corrected chi connectivity index (χ1v) is 12.9. The highest BCUT2D eigenvalue weighted by atomic mass is 14.5. The third-order valence-corrected chi connectivity index (χ3v) is 9.27. The molecular weight excluding hydrogens is 360 g/mol. The van der Waals surface area contributed by atoms with E-state index in [0.29, 0.717) is 23.2 Å². The largest absolute Gasteiger partial charge is 0.0953 e. The van der Waals surface area contributed by atoms with Crippen LogP contribution in [-0.2, 0) is 0 Å². The average molecular weight is 409 g/mol. The van der Waals surface area contributed by atoms with Gasteiger partial charge in [-0.15, -0.1) is 0 Å². The number of fused-ring (bicyclic) bond motifs is 1. The Morgan fingerprint density at radius 2 is 1.77 bits per heavy atom. The molecule has 30 heavy (non-hydrogen) atoms. The molecular formula is C30H48. The molecule has 0 aromatic heterocycles. The lowest BCUT2D eigenvalue weighted by atomic mass is 9.61. The Kier molecular flexibility index (Phi) is 7.57. The van der Waals surface area contributed by atoms with Gasteiger partial charge in [-0.05, 0) is 103 Å². The smallest absolute Gasteiger partial charge is 0.0143 e. The summed E-state index contributed by atoms with van der Waals surface area (Å²) in [6, 6.07) is 0. The average Bonchev–Trinajstić information content (AvgIpc) is 3.04. The molecule has 3 saturated carbocycles. The van der Waals surface area contributed by atoms with Crippen molar-refractivity contribution in [2.24, 2.45) is 46.8 Å². The summed E-state index contributed by atoms with van der Waals surface area (Å²) in [5.74, 6) is 5.17. The van der Waals surface area contributed by atoms with Crippen molar-refractivity contribution in [3.63, 3.8) is 0 Å². The first-order valence-electron chi connectivity index (χ1n) is 12.9. The van der Waals surface area contributed by atoms with Crippen LogP contribution in [0, 0.1) is 46.8 Å². The molecule has 0 amide bonds. The molecule has 0 nitrogen and oxygen atoms in total. The van der Waals surface area contributed by atoms with E-state index in [0.717, 1.165) is 23.7 Å². The van der Waals surface area contributed by atoms with Crippen LogP contribution in [0.3, 0.4) is 0 Å². The van der Waals surface area contributed by atoms with Gasteiger partial charge >= 0.3 is 0 Å². The van der Waals surface area contributed by atoms with Crippen LogP contribution in [0.5, 0.6) is 0 Å². The molecule has 0 aliphatic heterocycles. The van der Waals surface area contributed by atoms with Gasteiger partial charge in [0, 0.05) is 0 Å². The van der Waals surface area contributed by atoms with Crippen molar-refractivity contribution in [3.8, 4) is 0 Å². The summed E-state index contributed by atoms with van der Waals surface area (Å²) < 4.78 is 0. The molecule has 0 bridgehead atoms. The van der Waals surface area contributed by atoms with Gasteiger partial charge in [0.05, 0.1) is 0 Å². The molecule has 0 heteroatoms. The third kappa shape index (κ3) is 4.89. The van der Waals surface area contributed by atoms with Crippen LogP contribution >= 0.6 is 0 Å². The number of hydrogen-bond donors (Lipinski definition) is 0. The van der Waals surface area contributed by atoms with E-state index in [1.54, 1.807) is 5.57 Å². The fourth-order valence-electron chi connectivity index (χ4n) is 6.88. The van der Waals surface area contributed by atoms with Crippen LogP contribution in [0.25, 0.3) is 0 Å². The minimum absolute atomic E-state index is 0.484. The molecule has 3 aliphatic carbocycles. The van der Waals surface area contributed by atoms with E-state index in [9.17, 15) is 0 Å². The summed E-state index contributed by atoms with van der Waals surface area (Å²) in [7, 11) is 0. The van der Waals surface area contributed by atoms with Crippen LogP contribution in [0.4, 0.5) is 0 Å². The minimum Gasteiger partial charge on any atom is -0.0953 e. The predicted molar refractivity (Wildman–Crippen MR) is 133 cm³/mol. The Morgan fingerprint density at radius 1 is 1.03 bits per heavy atom. The Bertz CT molecular complexity index is 702. The summed E-state index contributed by atoms with van der Waals surface area (Å²) in [6.07, 6.45) is 19.4. The van der Waals surface area contributed by atoms with Crippen molar-refractivity contribution in [3.05, 3.63) is 47.6 Å². The Balaban J connectivity index is 1.76.